The number of ether oxygens (including phenoxy) is 2. The second kappa shape index (κ2) is 11.6. The fourth-order valence-corrected chi connectivity index (χ4v) is 4.24. The highest BCUT2D eigenvalue weighted by Gasteiger charge is 2.36. The van der Waals surface area contributed by atoms with Crippen LogP contribution in [0.15, 0.2) is 54.6 Å². The van der Waals surface area contributed by atoms with E-state index in [0.29, 0.717) is 13.0 Å². The second-order valence-corrected chi connectivity index (χ2v) is 8.74. The molecule has 2 rings (SSSR count). The van der Waals surface area contributed by atoms with E-state index in [1.54, 1.807) is 23.7 Å². The van der Waals surface area contributed by atoms with Crippen molar-refractivity contribution >= 4 is 23.8 Å². The Bertz CT molecular complexity index is 827. The Kier molecular flexibility index (Phi) is 9.24. The van der Waals surface area contributed by atoms with Crippen molar-refractivity contribution in [3.63, 3.8) is 0 Å². The number of benzene rings is 2. The van der Waals surface area contributed by atoms with E-state index >= 15 is 0 Å². The van der Waals surface area contributed by atoms with Crippen molar-refractivity contribution < 1.29 is 19.1 Å². The number of amides is 1. The topological polar surface area (TPSA) is 55.8 Å². The third-order valence-corrected chi connectivity index (χ3v) is 6.09. The van der Waals surface area contributed by atoms with Crippen molar-refractivity contribution in [3.05, 3.63) is 71.3 Å². The first kappa shape index (κ1) is 23.8. The van der Waals surface area contributed by atoms with E-state index in [1.807, 2.05) is 68.4 Å². The molecule has 0 spiro atoms. The van der Waals surface area contributed by atoms with E-state index in [1.165, 1.54) is 7.11 Å². The van der Waals surface area contributed by atoms with Gasteiger partial charge in [-0.05, 0) is 37.1 Å². The maximum absolute atomic E-state index is 12.5. The van der Waals surface area contributed by atoms with Crippen LogP contribution < -0.4 is 0 Å². The lowest BCUT2D eigenvalue weighted by molar-refractivity contribution is -0.147. The summed E-state index contributed by atoms with van der Waals surface area (Å²) in [6.07, 6.45) is 0.328. The number of aryl methyl sites for hydroxylation is 1. The summed E-state index contributed by atoms with van der Waals surface area (Å²) in [6.45, 7) is 4.80. The van der Waals surface area contributed by atoms with E-state index < -0.39 is 5.41 Å². The smallest absolute Gasteiger partial charge is 0.409 e. The number of carbonyl (C=O) groups excluding carboxylic acids is 2. The fraction of sp³-hybridized carbons (Fsp3) is 0.417. The van der Waals surface area contributed by atoms with Gasteiger partial charge in [-0.25, -0.2) is 4.79 Å². The van der Waals surface area contributed by atoms with Crippen LogP contribution in [0, 0.1) is 6.92 Å². The first-order valence-corrected chi connectivity index (χ1v) is 11.2. The molecule has 162 valence electrons. The molecule has 0 saturated carbocycles. The average molecular weight is 430 g/mol. The van der Waals surface area contributed by atoms with Crippen LogP contribution in [0.4, 0.5) is 4.79 Å². The molecule has 0 aliphatic heterocycles. The van der Waals surface area contributed by atoms with E-state index in [0.717, 1.165) is 28.2 Å². The first-order chi connectivity index (χ1) is 14.4. The summed E-state index contributed by atoms with van der Waals surface area (Å²) >= 11 is 1.71. The van der Waals surface area contributed by atoms with Gasteiger partial charge < -0.3 is 14.4 Å². The lowest BCUT2D eigenvalue weighted by Gasteiger charge is -2.27. The SMILES string of the molecule is COC(=O)C(C)(CCSCCN(C)C(=O)OCc1ccccc1)c1cccc(C)c1. The molecule has 0 aromatic heterocycles. The highest BCUT2D eigenvalue weighted by atomic mass is 32.2. The van der Waals surface area contributed by atoms with Crippen LogP contribution in [0.3, 0.4) is 0 Å². The Hall–Kier alpha value is -2.47. The minimum absolute atomic E-state index is 0.227. The molecule has 0 fully saturated rings. The Balaban J connectivity index is 1.78. The number of methoxy groups -OCH3 is 1. The summed E-state index contributed by atoms with van der Waals surface area (Å²) in [5, 5.41) is 0. The maximum Gasteiger partial charge on any atom is 0.409 e. The number of thioether (sulfide) groups is 1. The van der Waals surface area contributed by atoms with Gasteiger partial charge in [0.15, 0.2) is 0 Å². The highest BCUT2D eigenvalue weighted by Crippen LogP contribution is 2.31. The summed E-state index contributed by atoms with van der Waals surface area (Å²) in [5.74, 6) is 1.32. The molecule has 0 radical (unpaired) electrons. The molecule has 0 aliphatic rings. The third kappa shape index (κ3) is 6.80. The predicted octanol–water partition coefficient (Wildman–Crippen LogP) is 4.82. The van der Waals surface area contributed by atoms with E-state index in [-0.39, 0.29) is 18.7 Å². The summed E-state index contributed by atoms with van der Waals surface area (Å²) in [4.78, 5) is 26.2. The zero-order valence-corrected chi connectivity index (χ0v) is 19.0. The van der Waals surface area contributed by atoms with E-state index in [9.17, 15) is 9.59 Å². The van der Waals surface area contributed by atoms with Crippen LogP contribution in [-0.4, -0.2) is 49.2 Å². The van der Waals surface area contributed by atoms with Crippen LogP contribution in [-0.2, 0) is 26.3 Å². The number of hydrogen-bond acceptors (Lipinski definition) is 5. The quantitative estimate of drug-likeness (QED) is 0.400. The van der Waals surface area contributed by atoms with E-state index in [2.05, 4.69) is 0 Å². The molecule has 1 atom stereocenters. The van der Waals surface area contributed by atoms with Crippen LogP contribution in [0.2, 0.25) is 0 Å². The number of nitrogens with zero attached hydrogens (tertiary/aromatic N) is 1. The van der Waals surface area contributed by atoms with Gasteiger partial charge in [0.1, 0.15) is 6.61 Å². The number of hydrogen-bond donors (Lipinski definition) is 0. The average Bonchev–Trinajstić information content (AvgIpc) is 2.76. The van der Waals surface area contributed by atoms with Gasteiger partial charge in [-0.15, -0.1) is 0 Å². The lowest BCUT2D eigenvalue weighted by Crippen LogP contribution is -2.34. The van der Waals surface area contributed by atoms with Crippen molar-refractivity contribution in [2.45, 2.75) is 32.3 Å². The molecule has 0 bridgehead atoms. The van der Waals surface area contributed by atoms with Crippen molar-refractivity contribution in [1.82, 2.24) is 4.90 Å². The van der Waals surface area contributed by atoms with Gasteiger partial charge in [-0.1, -0.05) is 60.2 Å². The van der Waals surface area contributed by atoms with Gasteiger partial charge in [-0.3, -0.25) is 4.79 Å². The molecule has 30 heavy (non-hydrogen) atoms. The van der Waals surface area contributed by atoms with Gasteiger partial charge in [0.05, 0.1) is 12.5 Å². The molecule has 2 aromatic rings. The fourth-order valence-electron chi connectivity index (χ4n) is 3.08. The second-order valence-electron chi connectivity index (χ2n) is 7.52. The lowest BCUT2D eigenvalue weighted by atomic mass is 9.79. The van der Waals surface area contributed by atoms with Crippen LogP contribution in [0.1, 0.15) is 30.0 Å². The van der Waals surface area contributed by atoms with Crippen molar-refractivity contribution in [2.75, 3.05) is 32.2 Å². The molecule has 6 heteroatoms. The summed E-state index contributed by atoms with van der Waals surface area (Å²) < 4.78 is 10.4. The molecule has 0 N–H and O–H groups in total. The zero-order valence-electron chi connectivity index (χ0n) is 18.2. The number of carbonyl (C=O) groups is 2. The molecule has 1 amide bonds. The molecule has 1 unspecified atom stereocenters. The summed E-state index contributed by atoms with van der Waals surface area (Å²) in [5.41, 5.74) is 2.36. The summed E-state index contributed by atoms with van der Waals surface area (Å²) in [7, 11) is 3.17. The van der Waals surface area contributed by atoms with Gasteiger partial charge in [0.25, 0.3) is 0 Å². The molecular formula is C24H31NO4S. The van der Waals surface area contributed by atoms with Crippen LogP contribution in [0.5, 0.6) is 0 Å². The molecule has 5 nitrogen and oxygen atoms in total. The minimum atomic E-state index is -0.686. The molecule has 0 aliphatic carbocycles. The van der Waals surface area contributed by atoms with E-state index in [4.69, 9.17) is 9.47 Å². The van der Waals surface area contributed by atoms with Gasteiger partial charge >= 0.3 is 12.1 Å². The van der Waals surface area contributed by atoms with Crippen molar-refractivity contribution in [1.29, 1.82) is 0 Å². The van der Waals surface area contributed by atoms with Crippen molar-refractivity contribution in [3.8, 4) is 0 Å². The Labute approximate surface area is 183 Å². The van der Waals surface area contributed by atoms with Gasteiger partial charge in [-0.2, -0.15) is 11.8 Å². The van der Waals surface area contributed by atoms with Crippen LogP contribution >= 0.6 is 11.8 Å². The van der Waals surface area contributed by atoms with Gasteiger partial charge in [0.2, 0.25) is 0 Å². The monoisotopic (exact) mass is 429 g/mol. The van der Waals surface area contributed by atoms with Gasteiger partial charge in [0, 0.05) is 19.3 Å². The first-order valence-electron chi connectivity index (χ1n) is 10.0. The standard InChI is InChI=1S/C24H31NO4S/c1-19-9-8-12-21(17-19)24(2,22(26)28-4)13-15-30-16-14-25(3)23(27)29-18-20-10-6-5-7-11-20/h5-12,17H,13-16,18H2,1-4H3. The zero-order chi connectivity index (χ0) is 22.0. The largest absolute Gasteiger partial charge is 0.468 e. The predicted molar refractivity (Wildman–Crippen MR) is 122 cm³/mol. The summed E-state index contributed by atoms with van der Waals surface area (Å²) in [6, 6.07) is 17.6. The van der Waals surface area contributed by atoms with Crippen molar-refractivity contribution in [2.24, 2.45) is 0 Å². The normalized spacial score (nSPS) is 12.7. The Morgan fingerprint density at radius 1 is 1.07 bits per heavy atom. The third-order valence-electron chi connectivity index (χ3n) is 5.13. The molecule has 2 aromatic carbocycles. The highest BCUT2D eigenvalue weighted by molar-refractivity contribution is 7.99. The number of esters is 1. The molecule has 0 heterocycles. The van der Waals surface area contributed by atoms with Crippen LogP contribution in [0.25, 0.3) is 0 Å². The minimum Gasteiger partial charge on any atom is -0.468 e. The Morgan fingerprint density at radius 3 is 2.47 bits per heavy atom. The maximum atomic E-state index is 12.5. The molecule has 0 saturated heterocycles. The molecular weight excluding hydrogens is 398 g/mol. The number of rotatable bonds is 10. The Morgan fingerprint density at radius 2 is 1.80 bits per heavy atom.